The molecule has 0 spiro atoms. The number of nitrogens with zero attached hydrogens (tertiary/aromatic N) is 1. The minimum absolute atomic E-state index is 0.185. The second-order valence-electron chi connectivity index (χ2n) is 9.12. The van der Waals surface area contributed by atoms with Crippen molar-refractivity contribution in [2.24, 2.45) is 0 Å². The lowest BCUT2D eigenvalue weighted by Crippen LogP contribution is -2.23. The summed E-state index contributed by atoms with van der Waals surface area (Å²) in [5.41, 5.74) is 5.65. The molecule has 0 aliphatic carbocycles. The highest BCUT2D eigenvalue weighted by Crippen LogP contribution is 2.31. The molecule has 7 nitrogen and oxygen atoms in total. The van der Waals surface area contributed by atoms with Gasteiger partial charge in [0.1, 0.15) is 19.0 Å². The summed E-state index contributed by atoms with van der Waals surface area (Å²) >= 11 is 0. The number of methoxy groups -OCH3 is 1. The second-order valence-corrected chi connectivity index (χ2v) is 9.12. The van der Waals surface area contributed by atoms with Crippen LogP contribution in [0.1, 0.15) is 27.2 Å². The molecule has 7 heteroatoms. The molecule has 1 aromatic heterocycles. The number of ether oxygens (including phenoxy) is 3. The Morgan fingerprint density at radius 1 is 0.725 bits per heavy atom. The zero-order chi connectivity index (χ0) is 27.7. The van der Waals surface area contributed by atoms with E-state index in [1.165, 1.54) is 7.11 Å². The maximum atomic E-state index is 12.2. The summed E-state index contributed by atoms with van der Waals surface area (Å²) in [6, 6.07) is 34.7. The van der Waals surface area contributed by atoms with Crippen LogP contribution in [0.15, 0.2) is 109 Å². The molecule has 0 fully saturated rings. The van der Waals surface area contributed by atoms with Gasteiger partial charge in [-0.15, -0.1) is 0 Å². The van der Waals surface area contributed by atoms with E-state index >= 15 is 0 Å². The van der Waals surface area contributed by atoms with Gasteiger partial charge in [0, 0.05) is 18.0 Å². The quantitative estimate of drug-likeness (QED) is 0.213. The van der Waals surface area contributed by atoms with Crippen molar-refractivity contribution in [3.8, 4) is 16.9 Å². The highest BCUT2D eigenvalue weighted by atomic mass is 16.5. The van der Waals surface area contributed by atoms with Crippen LogP contribution in [0.4, 0.5) is 4.79 Å². The Kier molecular flexibility index (Phi) is 8.32. The van der Waals surface area contributed by atoms with Crippen LogP contribution in [0.2, 0.25) is 0 Å². The maximum absolute atomic E-state index is 12.2. The Bertz CT molecular complexity index is 1600. The molecule has 1 N–H and O–H groups in total. The highest BCUT2D eigenvalue weighted by Gasteiger charge is 2.15. The summed E-state index contributed by atoms with van der Waals surface area (Å²) in [6.45, 7) is 0.921. The molecule has 0 aliphatic heterocycles. The monoisotopic (exact) mass is 532 g/mol. The molecule has 0 radical (unpaired) electrons. The minimum atomic E-state index is -0.524. The molecule has 0 bridgehead atoms. The van der Waals surface area contributed by atoms with E-state index in [0.29, 0.717) is 24.4 Å². The van der Waals surface area contributed by atoms with Gasteiger partial charge >= 0.3 is 12.1 Å². The first-order chi connectivity index (χ1) is 19.6. The van der Waals surface area contributed by atoms with E-state index in [9.17, 15) is 9.59 Å². The highest BCUT2D eigenvalue weighted by molar-refractivity contribution is 5.95. The topological polar surface area (TPSA) is 86.8 Å². The van der Waals surface area contributed by atoms with Crippen LogP contribution in [0.5, 0.6) is 5.75 Å². The Labute approximate surface area is 232 Å². The van der Waals surface area contributed by atoms with Crippen LogP contribution in [-0.4, -0.2) is 24.2 Å². The number of carbonyl (C=O) groups is 2. The number of aromatic nitrogens is 1. The molecule has 40 heavy (non-hydrogen) atoms. The van der Waals surface area contributed by atoms with Crippen LogP contribution < -0.4 is 10.1 Å². The van der Waals surface area contributed by atoms with Crippen LogP contribution in [-0.2, 0) is 29.2 Å². The van der Waals surface area contributed by atoms with Crippen molar-refractivity contribution in [2.45, 2.75) is 19.8 Å². The lowest BCUT2D eigenvalue weighted by Gasteiger charge is -2.13. The number of fused-ring (bicyclic) bond motifs is 1. The fourth-order valence-electron chi connectivity index (χ4n) is 4.20. The smallest absolute Gasteiger partial charge is 0.407 e. The van der Waals surface area contributed by atoms with Gasteiger partial charge in [-0.1, -0.05) is 91.0 Å². The number of alkyl carbamates (subject to hydrolysis) is 1. The van der Waals surface area contributed by atoms with Crippen molar-refractivity contribution in [1.82, 2.24) is 10.3 Å². The van der Waals surface area contributed by atoms with E-state index in [1.807, 2.05) is 103 Å². The summed E-state index contributed by atoms with van der Waals surface area (Å²) in [5, 5.41) is 3.57. The lowest BCUT2D eigenvalue weighted by atomic mass is 10.0. The third kappa shape index (κ3) is 6.63. The largest absolute Gasteiger partial charge is 0.488 e. The zero-order valence-electron chi connectivity index (χ0n) is 22.0. The first-order valence-electron chi connectivity index (χ1n) is 12.8. The molecule has 5 aromatic rings. The molecule has 200 valence electrons. The van der Waals surface area contributed by atoms with Crippen LogP contribution in [0.3, 0.4) is 0 Å². The van der Waals surface area contributed by atoms with Crippen LogP contribution >= 0.6 is 0 Å². The van der Waals surface area contributed by atoms with E-state index in [0.717, 1.165) is 33.2 Å². The minimum Gasteiger partial charge on any atom is -0.488 e. The molecule has 0 saturated carbocycles. The zero-order valence-corrected chi connectivity index (χ0v) is 22.0. The van der Waals surface area contributed by atoms with Gasteiger partial charge < -0.3 is 19.5 Å². The Balaban J connectivity index is 1.30. The normalized spacial score (nSPS) is 10.6. The number of hydrogen-bond donors (Lipinski definition) is 1. The Morgan fingerprint density at radius 2 is 1.38 bits per heavy atom. The molecule has 0 saturated heterocycles. The maximum Gasteiger partial charge on any atom is 0.407 e. The van der Waals surface area contributed by atoms with Gasteiger partial charge in [0.25, 0.3) is 0 Å². The van der Waals surface area contributed by atoms with Crippen molar-refractivity contribution < 1.29 is 23.8 Å². The molecule has 0 unspecified atom stereocenters. The molecule has 0 aliphatic rings. The van der Waals surface area contributed by atoms with Crippen molar-refractivity contribution in [3.63, 3.8) is 0 Å². The molecule has 1 amide bonds. The van der Waals surface area contributed by atoms with Gasteiger partial charge in [-0.3, -0.25) is 0 Å². The van der Waals surface area contributed by atoms with Crippen LogP contribution in [0.25, 0.3) is 22.0 Å². The van der Waals surface area contributed by atoms with E-state index in [2.05, 4.69) is 10.3 Å². The summed E-state index contributed by atoms with van der Waals surface area (Å²) in [5.74, 6) is 0.0228. The fraction of sp³-hybridized carbons (Fsp3) is 0.121. The SMILES string of the molecule is COC(=O)c1cc(OCc2ccccc2)c2cc(-c3ccc(CNC(=O)OCc4ccccc4)cc3)ccc2n1. The number of carbonyl (C=O) groups excluding carboxylic acids is 2. The number of benzene rings is 4. The number of amides is 1. The Morgan fingerprint density at radius 3 is 2.05 bits per heavy atom. The van der Waals surface area contributed by atoms with Gasteiger partial charge in [0.15, 0.2) is 5.69 Å². The summed E-state index contributed by atoms with van der Waals surface area (Å²) in [4.78, 5) is 28.8. The standard InChI is InChI=1S/C33H28N2O5/c1-38-32(36)30-19-31(39-21-24-8-4-2-5-9-24)28-18-27(16-17-29(28)35-30)26-14-12-23(13-15-26)20-34-33(37)40-22-25-10-6-3-7-11-25/h2-19H,20-22H2,1H3,(H,34,37). The number of esters is 1. The molecule has 4 aromatic carbocycles. The first-order valence-corrected chi connectivity index (χ1v) is 12.8. The van der Waals surface area contributed by atoms with E-state index < -0.39 is 12.1 Å². The van der Waals surface area contributed by atoms with Crippen molar-refractivity contribution in [2.75, 3.05) is 7.11 Å². The first kappa shape index (κ1) is 26.4. The van der Waals surface area contributed by atoms with E-state index in [-0.39, 0.29) is 12.3 Å². The fourth-order valence-corrected chi connectivity index (χ4v) is 4.20. The predicted octanol–water partition coefficient (Wildman–Crippen LogP) is 6.69. The van der Waals surface area contributed by atoms with Gasteiger partial charge in [-0.05, 0) is 39.9 Å². The van der Waals surface area contributed by atoms with Crippen molar-refractivity contribution >= 4 is 23.0 Å². The van der Waals surface area contributed by atoms with Gasteiger partial charge in [0.2, 0.25) is 0 Å². The van der Waals surface area contributed by atoms with Gasteiger partial charge in [0.05, 0.1) is 12.6 Å². The summed E-state index contributed by atoms with van der Waals surface area (Å²) < 4.78 is 16.3. The lowest BCUT2D eigenvalue weighted by molar-refractivity contribution is 0.0594. The van der Waals surface area contributed by atoms with E-state index in [1.54, 1.807) is 6.07 Å². The summed E-state index contributed by atoms with van der Waals surface area (Å²) in [6.07, 6.45) is -0.468. The average molecular weight is 533 g/mol. The third-order valence-corrected chi connectivity index (χ3v) is 6.34. The molecular weight excluding hydrogens is 504 g/mol. The average Bonchev–Trinajstić information content (AvgIpc) is 3.02. The number of rotatable bonds is 9. The number of pyridine rings is 1. The van der Waals surface area contributed by atoms with Crippen molar-refractivity contribution in [1.29, 1.82) is 0 Å². The molecule has 5 rings (SSSR count). The Hall–Kier alpha value is -5.17. The van der Waals surface area contributed by atoms with E-state index in [4.69, 9.17) is 14.2 Å². The number of hydrogen-bond acceptors (Lipinski definition) is 6. The predicted molar refractivity (Wildman–Crippen MR) is 153 cm³/mol. The van der Waals surface area contributed by atoms with Gasteiger partial charge in [-0.25, -0.2) is 14.6 Å². The van der Waals surface area contributed by atoms with Crippen LogP contribution in [0, 0.1) is 0 Å². The second kappa shape index (κ2) is 12.6. The van der Waals surface area contributed by atoms with Crippen molar-refractivity contribution in [3.05, 3.63) is 132 Å². The molecule has 1 heterocycles. The molecular formula is C33H28N2O5. The number of nitrogens with one attached hydrogen (secondary N) is 1. The summed E-state index contributed by atoms with van der Waals surface area (Å²) in [7, 11) is 1.33. The van der Waals surface area contributed by atoms with Gasteiger partial charge in [-0.2, -0.15) is 0 Å². The third-order valence-electron chi connectivity index (χ3n) is 6.34. The molecule has 0 atom stereocenters.